The zero-order chi connectivity index (χ0) is 27.0. The van der Waals surface area contributed by atoms with E-state index in [1.807, 2.05) is 43.3 Å². The van der Waals surface area contributed by atoms with Gasteiger partial charge in [-0.15, -0.1) is 0 Å². The Labute approximate surface area is 219 Å². The second-order valence-electron chi connectivity index (χ2n) is 9.10. The van der Waals surface area contributed by atoms with Crippen LogP contribution in [0.3, 0.4) is 0 Å². The molecule has 0 aliphatic rings. The summed E-state index contributed by atoms with van der Waals surface area (Å²) in [5, 5.41) is 15.3. The van der Waals surface area contributed by atoms with Gasteiger partial charge in [-0.1, -0.05) is 18.2 Å². The number of amides is 2. The van der Waals surface area contributed by atoms with Gasteiger partial charge in [0.25, 0.3) is 11.8 Å². The van der Waals surface area contributed by atoms with Crippen molar-refractivity contribution in [2.45, 2.75) is 6.92 Å². The number of para-hydroxylation sites is 1. The zero-order valence-electron chi connectivity index (χ0n) is 21.7. The van der Waals surface area contributed by atoms with E-state index in [2.05, 4.69) is 25.6 Å². The molecule has 2 N–H and O–H groups in total. The Hall–Kier alpha value is -4.99. The first-order valence-corrected chi connectivity index (χ1v) is 11.9. The summed E-state index contributed by atoms with van der Waals surface area (Å²) in [6.45, 7) is 1.82. The van der Waals surface area contributed by atoms with Crippen LogP contribution in [-0.4, -0.2) is 62.9 Å². The molecule has 10 heteroatoms. The summed E-state index contributed by atoms with van der Waals surface area (Å²) in [6, 6.07) is 16.7. The number of nitrogens with zero attached hydrogens (tertiary/aromatic N) is 5. The summed E-state index contributed by atoms with van der Waals surface area (Å²) in [4.78, 5) is 32.1. The second-order valence-corrected chi connectivity index (χ2v) is 9.10. The highest BCUT2D eigenvalue weighted by atomic mass is 16.5. The normalized spacial score (nSPS) is 11.0. The number of rotatable bonds is 6. The molecule has 2 aromatic carbocycles. The lowest BCUT2D eigenvalue weighted by molar-refractivity contribution is 0.0828. The molecule has 38 heavy (non-hydrogen) atoms. The Bertz CT molecular complexity index is 1680. The number of carbonyl (C=O) groups is 2. The summed E-state index contributed by atoms with van der Waals surface area (Å²) in [6.07, 6.45) is 1.71. The number of carbonyl (C=O) groups excluding carboxylic acids is 2. The second kappa shape index (κ2) is 9.81. The van der Waals surface area contributed by atoms with Gasteiger partial charge in [-0.3, -0.25) is 19.4 Å². The lowest BCUT2D eigenvalue weighted by atomic mass is 10.00. The summed E-state index contributed by atoms with van der Waals surface area (Å²) in [7, 11) is 6.67. The van der Waals surface area contributed by atoms with Gasteiger partial charge in [-0.05, 0) is 48.9 Å². The smallest absolute Gasteiger partial charge is 0.273 e. The van der Waals surface area contributed by atoms with Crippen LogP contribution in [-0.2, 0) is 7.05 Å². The molecular weight excluding hydrogens is 482 g/mol. The molecule has 0 fully saturated rings. The Kier molecular flexibility index (Phi) is 6.38. The van der Waals surface area contributed by atoms with Gasteiger partial charge < -0.3 is 15.0 Å². The molecule has 0 unspecified atom stereocenters. The number of benzene rings is 2. The van der Waals surface area contributed by atoms with Crippen molar-refractivity contribution < 1.29 is 14.3 Å². The van der Waals surface area contributed by atoms with Crippen molar-refractivity contribution >= 4 is 28.5 Å². The highest BCUT2D eigenvalue weighted by Crippen LogP contribution is 2.35. The Morgan fingerprint density at radius 3 is 2.55 bits per heavy atom. The van der Waals surface area contributed by atoms with Gasteiger partial charge in [0.1, 0.15) is 11.4 Å². The van der Waals surface area contributed by atoms with Gasteiger partial charge in [-0.25, -0.2) is 4.98 Å². The van der Waals surface area contributed by atoms with Crippen LogP contribution in [0.5, 0.6) is 5.75 Å². The van der Waals surface area contributed by atoms with Crippen LogP contribution in [0.4, 0.5) is 5.69 Å². The predicted octanol–water partition coefficient (Wildman–Crippen LogP) is 4.30. The topological polar surface area (TPSA) is 118 Å². The largest absolute Gasteiger partial charge is 0.496 e. The summed E-state index contributed by atoms with van der Waals surface area (Å²) >= 11 is 0. The average molecular weight is 510 g/mol. The molecule has 10 nitrogen and oxygen atoms in total. The molecule has 5 aromatic rings. The maximum atomic E-state index is 13.1. The molecule has 0 saturated carbocycles. The van der Waals surface area contributed by atoms with Crippen molar-refractivity contribution in [3.8, 4) is 28.1 Å². The molecular formula is C28H27N7O3. The van der Waals surface area contributed by atoms with E-state index in [4.69, 9.17) is 4.74 Å². The maximum absolute atomic E-state index is 13.1. The van der Waals surface area contributed by atoms with E-state index in [1.165, 1.54) is 9.58 Å². The molecule has 5 rings (SSSR count). The number of ether oxygens (including phenoxy) is 1. The third-order valence-electron chi connectivity index (χ3n) is 6.26. The van der Waals surface area contributed by atoms with Gasteiger partial charge in [0, 0.05) is 43.9 Å². The minimum absolute atomic E-state index is 0.240. The number of aromatic nitrogens is 5. The molecule has 0 bridgehead atoms. The molecule has 0 atom stereocenters. The fraction of sp³-hybridized carbons (Fsp3) is 0.179. The van der Waals surface area contributed by atoms with E-state index in [9.17, 15) is 9.59 Å². The van der Waals surface area contributed by atoms with Crippen LogP contribution in [0.25, 0.3) is 33.4 Å². The molecule has 0 aliphatic heterocycles. The first-order chi connectivity index (χ1) is 18.3. The van der Waals surface area contributed by atoms with Crippen molar-refractivity contribution in [1.82, 2.24) is 29.9 Å². The minimum atomic E-state index is -0.350. The summed E-state index contributed by atoms with van der Waals surface area (Å²) in [5.41, 5.74) is 5.67. The average Bonchev–Trinajstić information content (AvgIpc) is 3.49. The van der Waals surface area contributed by atoms with Gasteiger partial charge in [0.05, 0.1) is 29.7 Å². The number of nitrogens with one attached hydrogen (secondary N) is 2. The lowest BCUT2D eigenvalue weighted by Crippen LogP contribution is -2.24. The fourth-order valence-electron chi connectivity index (χ4n) is 4.37. The summed E-state index contributed by atoms with van der Waals surface area (Å²) < 4.78 is 7.04. The van der Waals surface area contributed by atoms with Crippen LogP contribution in [0.1, 0.15) is 26.5 Å². The predicted molar refractivity (Wildman–Crippen MR) is 145 cm³/mol. The third-order valence-corrected chi connectivity index (χ3v) is 6.26. The SMILES string of the molecule is COc1ccccc1-c1[nH]nc2ncc(-c3ccc(NC(=O)c4cc(C)nn4C)c(C(=O)N(C)C)c3)cc12. The standard InChI is InChI=1S/C28H27N7O3/c1-16-12-23(35(4)33-16)27(36)30-22-11-10-17(13-20(22)28(37)34(2)3)18-14-21-25(31-32-26(21)29-15-18)19-8-6-7-9-24(19)38-5/h6-15H,1-5H3,(H,30,36)(H,29,31,32). The van der Waals surface area contributed by atoms with Crippen molar-refractivity contribution in [3.05, 3.63) is 77.7 Å². The van der Waals surface area contributed by atoms with E-state index < -0.39 is 0 Å². The van der Waals surface area contributed by atoms with E-state index in [1.54, 1.807) is 52.6 Å². The van der Waals surface area contributed by atoms with Crippen molar-refractivity contribution in [2.75, 3.05) is 26.5 Å². The van der Waals surface area contributed by atoms with Crippen molar-refractivity contribution in [1.29, 1.82) is 0 Å². The molecule has 192 valence electrons. The van der Waals surface area contributed by atoms with Gasteiger partial charge >= 0.3 is 0 Å². The maximum Gasteiger partial charge on any atom is 0.273 e. The molecule has 0 radical (unpaired) electrons. The Balaban J connectivity index is 1.57. The number of aryl methyl sites for hydroxylation is 2. The Morgan fingerprint density at radius 1 is 1.05 bits per heavy atom. The van der Waals surface area contributed by atoms with Crippen LogP contribution in [0.2, 0.25) is 0 Å². The van der Waals surface area contributed by atoms with Crippen LogP contribution in [0.15, 0.2) is 60.8 Å². The number of H-pyrrole nitrogens is 1. The molecule has 3 aromatic heterocycles. The van der Waals surface area contributed by atoms with Crippen molar-refractivity contribution in [3.63, 3.8) is 0 Å². The van der Waals surface area contributed by atoms with Crippen LogP contribution < -0.4 is 10.1 Å². The van der Waals surface area contributed by atoms with E-state index in [0.717, 1.165) is 33.5 Å². The number of hydrogen-bond donors (Lipinski definition) is 2. The minimum Gasteiger partial charge on any atom is -0.496 e. The molecule has 0 aliphatic carbocycles. The van der Waals surface area contributed by atoms with E-state index in [-0.39, 0.29) is 11.8 Å². The number of fused-ring (bicyclic) bond motifs is 1. The number of methoxy groups -OCH3 is 1. The highest BCUT2D eigenvalue weighted by molar-refractivity contribution is 6.09. The number of pyridine rings is 1. The number of anilines is 1. The highest BCUT2D eigenvalue weighted by Gasteiger charge is 2.20. The zero-order valence-corrected chi connectivity index (χ0v) is 21.7. The first kappa shape index (κ1) is 24.7. The first-order valence-electron chi connectivity index (χ1n) is 11.9. The van der Waals surface area contributed by atoms with Gasteiger partial charge in [-0.2, -0.15) is 10.2 Å². The monoisotopic (exact) mass is 509 g/mol. The number of aromatic amines is 1. The molecule has 3 heterocycles. The van der Waals surface area contributed by atoms with Gasteiger partial charge in [0.15, 0.2) is 5.65 Å². The lowest BCUT2D eigenvalue weighted by Gasteiger charge is -2.16. The van der Waals surface area contributed by atoms with E-state index in [0.29, 0.717) is 28.3 Å². The van der Waals surface area contributed by atoms with Crippen LogP contribution in [0, 0.1) is 6.92 Å². The van der Waals surface area contributed by atoms with Crippen LogP contribution >= 0.6 is 0 Å². The quantitative estimate of drug-likeness (QED) is 0.352. The molecule has 0 spiro atoms. The summed E-state index contributed by atoms with van der Waals surface area (Å²) in [5.74, 6) is 0.123. The van der Waals surface area contributed by atoms with Gasteiger partial charge in [0.2, 0.25) is 0 Å². The van der Waals surface area contributed by atoms with Crippen molar-refractivity contribution in [2.24, 2.45) is 7.05 Å². The fourth-order valence-corrected chi connectivity index (χ4v) is 4.37. The molecule has 0 saturated heterocycles. The third kappa shape index (κ3) is 4.47. The molecule has 2 amide bonds. The number of hydrogen-bond acceptors (Lipinski definition) is 6. The van der Waals surface area contributed by atoms with E-state index >= 15 is 0 Å². The Morgan fingerprint density at radius 2 is 1.84 bits per heavy atom.